The summed E-state index contributed by atoms with van der Waals surface area (Å²) in [6.07, 6.45) is 3.33. The van der Waals surface area contributed by atoms with Crippen molar-refractivity contribution in [3.05, 3.63) is 11.9 Å². The number of methoxy groups -OCH3 is 2. The van der Waals surface area contributed by atoms with Crippen LogP contribution in [0.15, 0.2) is 6.20 Å². The number of rotatable bonds is 5. The summed E-state index contributed by atoms with van der Waals surface area (Å²) in [5.41, 5.74) is 0.967. The molecule has 0 amide bonds. The molecule has 2 heterocycles. The fraction of sp³-hybridized carbons (Fsp3) is 0.857. The van der Waals surface area contributed by atoms with Gasteiger partial charge in [0.05, 0.1) is 30.1 Å². The van der Waals surface area contributed by atoms with Crippen LogP contribution in [-0.2, 0) is 21.6 Å². The molecule has 6 nitrogen and oxygen atoms in total. The molecule has 0 spiro atoms. The van der Waals surface area contributed by atoms with Gasteiger partial charge in [0.15, 0.2) is 0 Å². The Morgan fingerprint density at radius 2 is 2.10 bits per heavy atom. The first-order valence-corrected chi connectivity index (χ1v) is 7.11. The first-order valence-electron chi connectivity index (χ1n) is 7.11. The first-order chi connectivity index (χ1) is 9.44. The Labute approximate surface area is 121 Å². The van der Waals surface area contributed by atoms with Crippen LogP contribution in [0.2, 0.25) is 0 Å². The minimum absolute atomic E-state index is 0.0305. The topological polar surface area (TPSA) is 52.4 Å². The van der Waals surface area contributed by atoms with Gasteiger partial charge in [0.1, 0.15) is 0 Å². The number of nitrogens with zero attached hydrogens (tertiary/aromatic N) is 4. The molecule has 0 unspecified atom stereocenters. The van der Waals surface area contributed by atoms with Crippen LogP contribution in [0.5, 0.6) is 0 Å². The van der Waals surface area contributed by atoms with E-state index in [-0.39, 0.29) is 11.6 Å². The molecule has 0 radical (unpaired) electrons. The lowest BCUT2D eigenvalue weighted by molar-refractivity contribution is 0.105. The molecule has 1 aliphatic rings. The minimum Gasteiger partial charge on any atom is -0.383 e. The molecular formula is C14H26N4O2. The number of hydrogen-bond acceptors (Lipinski definition) is 5. The highest BCUT2D eigenvalue weighted by molar-refractivity contribution is 4.98. The number of ether oxygens (including phenoxy) is 2. The summed E-state index contributed by atoms with van der Waals surface area (Å²) in [5.74, 6) is 0. The summed E-state index contributed by atoms with van der Waals surface area (Å²) in [5, 5.41) is 8.50. The van der Waals surface area contributed by atoms with Gasteiger partial charge in [-0.15, -0.1) is 5.10 Å². The van der Waals surface area contributed by atoms with Crippen molar-refractivity contribution < 1.29 is 9.47 Å². The van der Waals surface area contributed by atoms with Gasteiger partial charge < -0.3 is 9.47 Å². The van der Waals surface area contributed by atoms with Crippen LogP contribution in [0.3, 0.4) is 0 Å². The van der Waals surface area contributed by atoms with E-state index in [9.17, 15) is 0 Å². The maximum atomic E-state index is 5.48. The Balaban J connectivity index is 2.02. The molecule has 1 aromatic rings. The highest BCUT2D eigenvalue weighted by Crippen LogP contribution is 2.22. The Bertz CT molecular complexity index is 427. The molecule has 2 rings (SSSR count). The zero-order valence-electron chi connectivity index (χ0n) is 13.2. The third-order valence-corrected chi connectivity index (χ3v) is 3.78. The molecule has 1 saturated heterocycles. The zero-order chi connectivity index (χ0) is 14.8. The van der Waals surface area contributed by atoms with Crippen LogP contribution in [0.1, 0.15) is 32.9 Å². The molecule has 0 aliphatic carbocycles. The summed E-state index contributed by atoms with van der Waals surface area (Å²) < 4.78 is 12.7. The Hall–Kier alpha value is -0.980. The van der Waals surface area contributed by atoms with E-state index in [1.54, 1.807) is 14.2 Å². The standard InChI is InChI=1S/C14H26N4O2/c1-14(2,3)18-8-11(15-16-18)7-17-9-13(20-5)6-12(17)10-19-4/h8,12-13H,6-7,9-10H2,1-5H3/t12-,13+/m0/s1. The quantitative estimate of drug-likeness (QED) is 0.814. The second kappa shape index (κ2) is 6.20. The summed E-state index contributed by atoms with van der Waals surface area (Å²) in [6, 6.07) is 0.393. The summed E-state index contributed by atoms with van der Waals surface area (Å²) in [7, 11) is 3.52. The van der Waals surface area contributed by atoms with Crippen LogP contribution in [-0.4, -0.2) is 59.4 Å². The summed E-state index contributed by atoms with van der Waals surface area (Å²) >= 11 is 0. The average molecular weight is 282 g/mol. The molecule has 0 saturated carbocycles. The van der Waals surface area contributed by atoms with Crippen molar-refractivity contribution in [2.24, 2.45) is 0 Å². The summed E-state index contributed by atoms with van der Waals surface area (Å²) in [4.78, 5) is 2.37. The summed E-state index contributed by atoms with van der Waals surface area (Å²) in [6.45, 7) is 8.81. The SMILES string of the molecule is COC[C@@H]1C[C@@H](OC)CN1Cc1cn(C(C)(C)C)nn1. The van der Waals surface area contributed by atoms with E-state index in [0.717, 1.165) is 31.8 Å². The lowest BCUT2D eigenvalue weighted by atomic mass is 10.1. The second-order valence-corrected chi connectivity index (χ2v) is 6.46. The molecule has 0 aromatic carbocycles. The van der Waals surface area contributed by atoms with E-state index >= 15 is 0 Å². The van der Waals surface area contributed by atoms with Gasteiger partial charge in [-0.1, -0.05) is 5.21 Å². The van der Waals surface area contributed by atoms with Gasteiger partial charge in [0.2, 0.25) is 0 Å². The normalized spacial score (nSPS) is 24.4. The molecule has 6 heteroatoms. The largest absolute Gasteiger partial charge is 0.383 e. The van der Waals surface area contributed by atoms with E-state index in [4.69, 9.17) is 9.47 Å². The fourth-order valence-corrected chi connectivity index (χ4v) is 2.57. The predicted molar refractivity (Wildman–Crippen MR) is 76.5 cm³/mol. The smallest absolute Gasteiger partial charge is 0.0967 e. The van der Waals surface area contributed by atoms with Gasteiger partial charge in [-0.25, -0.2) is 4.68 Å². The van der Waals surface area contributed by atoms with Crippen molar-refractivity contribution in [1.29, 1.82) is 0 Å². The molecule has 114 valence electrons. The molecule has 0 N–H and O–H groups in total. The van der Waals surface area contributed by atoms with Crippen molar-refractivity contribution in [1.82, 2.24) is 19.9 Å². The Kier molecular flexibility index (Phi) is 4.78. The number of hydrogen-bond donors (Lipinski definition) is 0. The number of aromatic nitrogens is 3. The van der Waals surface area contributed by atoms with E-state index in [2.05, 4.69) is 36.0 Å². The highest BCUT2D eigenvalue weighted by Gasteiger charge is 2.32. The average Bonchev–Trinajstić information content (AvgIpc) is 2.97. The van der Waals surface area contributed by atoms with Crippen LogP contribution >= 0.6 is 0 Å². The zero-order valence-corrected chi connectivity index (χ0v) is 13.2. The van der Waals surface area contributed by atoms with Gasteiger partial charge >= 0.3 is 0 Å². The van der Waals surface area contributed by atoms with Gasteiger partial charge in [-0.05, 0) is 27.2 Å². The van der Waals surface area contributed by atoms with Crippen LogP contribution < -0.4 is 0 Å². The Morgan fingerprint density at radius 3 is 2.65 bits per heavy atom. The van der Waals surface area contributed by atoms with Crippen molar-refractivity contribution in [2.45, 2.75) is 51.4 Å². The monoisotopic (exact) mass is 282 g/mol. The van der Waals surface area contributed by atoms with Gasteiger partial charge in [0.25, 0.3) is 0 Å². The van der Waals surface area contributed by atoms with Gasteiger partial charge in [-0.2, -0.15) is 0 Å². The van der Waals surface area contributed by atoms with Crippen molar-refractivity contribution in [3.8, 4) is 0 Å². The van der Waals surface area contributed by atoms with Crippen molar-refractivity contribution >= 4 is 0 Å². The van der Waals surface area contributed by atoms with Crippen LogP contribution in [0.4, 0.5) is 0 Å². The maximum absolute atomic E-state index is 5.48. The second-order valence-electron chi connectivity index (χ2n) is 6.46. The third-order valence-electron chi connectivity index (χ3n) is 3.78. The fourth-order valence-electron chi connectivity index (χ4n) is 2.57. The molecule has 1 aromatic heterocycles. The molecule has 0 bridgehead atoms. The lowest BCUT2D eigenvalue weighted by Crippen LogP contribution is -2.32. The first kappa shape index (κ1) is 15.4. The van der Waals surface area contributed by atoms with E-state index < -0.39 is 0 Å². The van der Waals surface area contributed by atoms with Crippen molar-refractivity contribution in [3.63, 3.8) is 0 Å². The number of likely N-dealkylation sites (tertiary alicyclic amines) is 1. The Morgan fingerprint density at radius 1 is 1.35 bits per heavy atom. The van der Waals surface area contributed by atoms with Gasteiger partial charge in [-0.3, -0.25) is 4.90 Å². The highest BCUT2D eigenvalue weighted by atomic mass is 16.5. The third kappa shape index (κ3) is 3.56. The maximum Gasteiger partial charge on any atom is 0.0967 e. The molecule has 1 fully saturated rings. The molecule has 1 aliphatic heterocycles. The van der Waals surface area contributed by atoms with Crippen molar-refractivity contribution in [2.75, 3.05) is 27.4 Å². The van der Waals surface area contributed by atoms with E-state index in [1.165, 1.54) is 0 Å². The van der Waals surface area contributed by atoms with Gasteiger partial charge in [0, 0.05) is 33.4 Å². The molecule has 2 atom stereocenters. The minimum atomic E-state index is -0.0305. The lowest BCUT2D eigenvalue weighted by Gasteiger charge is -2.22. The van der Waals surface area contributed by atoms with Crippen LogP contribution in [0, 0.1) is 0 Å². The van der Waals surface area contributed by atoms with Crippen LogP contribution in [0.25, 0.3) is 0 Å². The predicted octanol–water partition coefficient (Wildman–Crippen LogP) is 1.27. The van der Waals surface area contributed by atoms with E-state index in [1.807, 2.05) is 10.9 Å². The molecule has 20 heavy (non-hydrogen) atoms. The van der Waals surface area contributed by atoms with E-state index in [0.29, 0.717) is 6.04 Å². The molecular weight excluding hydrogens is 256 g/mol.